The Balaban J connectivity index is 2.23. The van der Waals surface area contributed by atoms with Crippen molar-refractivity contribution in [3.8, 4) is 0 Å². The Bertz CT molecular complexity index is 239. The van der Waals surface area contributed by atoms with E-state index < -0.39 is 8.56 Å². The molecule has 106 valence electrons. The van der Waals surface area contributed by atoms with E-state index in [9.17, 15) is 4.79 Å². The number of ketones is 1. The van der Waals surface area contributed by atoms with Gasteiger partial charge in [0, 0.05) is 26.1 Å². The molecule has 0 aliphatic heterocycles. The van der Waals surface area contributed by atoms with Crippen molar-refractivity contribution in [2.45, 2.75) is 65.0 Å². The van der Waals surface area contributed by atoms with E-state index in [1.807, 2.05) is 13.8 Å². The molecule has 1 rings (SSSR count). The van der Waals surface area contributed by atoms with Gasteiger partial charge in [-0.05, 0) is 45.2 Å². The van der Waals surface area contributed by atoms with E-state index in [4.69, 9.17) is 8.85 Å². The molecule has 0 atom stereocenters. The lowest BCUT2D eigenvalue weighted by molar-refractivity contribution is -0.121. The third kappa shape index (κ3) is 5.63. The zero-order chi connectivity index (χ0) is 13.4. The van der Waals surface area contributed by atoms with Crippen molar-refractivity contribution in [3.05, 3.63) is 0 Å². The predicted octanol–water partition coefficient (Wildman–Crippen LogP) is 3.67. The summed E-state index contributed by atoms with van der Waals surface area (Å²) in [4.78, 5) is 11.2. The Labute approximate surface area is 112 Å². The van der Waals surface area contributed by atoms with Gasteiger partial charge < -0.3 is 8.85 Å². The van der Waals surface area contributed by atoms with Crippen LogP contribution >= 0.6 is 0 Å². The zero-order valence-electron chi connectivity index (χ0n) is 12.2. The maximum atomic E-state index is 11.2. The molecular weight excluding hydrogens is 244 g/mol. The first-order valence-corrected chi connectivity index (χ1v) is 9.91. The van der Waals surface area contributed by atoms with E-state index in [2.05, 4.69) is 6.55 Å². The van der Waals surface area contributed by atoms with Crippen LogP contribution in [-0.4, -0.2) is 27.6 Å². The number of rotatable bonds is 8. The summed E-state index contributed by atoms with van der Waals surface area (Å²) in [5.41, 5.74) is 0. The molecule has 4 heteroatoms. The molecule has 0 amide bonds. The Kier molecular flexibility index (Phi) is 7.11. The highest BCUT2D eigenvalue weighted by Crippen LogP contribution is 2.28. The summed E-state index contributed by atoms with van der Waals surface area (Å²) in [6.45, 7) is 7.75. The monoisotopic (exact) mass is 272 g/mol. The lowest BCUT2D eigenvalue weighted by Crippen LogP contribution is -2.38. The second kappa shape index (κ2) is 8.07. The van der Waals surface area contributed by atoms with E-state index in [-0.39, 0.29) is 0 Å². The second-order valence-corrected chi connectivity index (χ2v) is 8.72. The fourth-order valence-corrected chi connectivity index (χ4v) is 5.24. The molecule has 0 aromatic heterocycles. The van der Waals surface area contributed by atoms with Crippen molar-refractivity contribution >= 4 is 14.3 Å². The van der Waals surface area contributed by atoms with Crippen molar-refractivity contribution in [2.24, 2.45) is 5.92 Å². The lowest BCUT2D eigenvalue weighted by atomic mass is 9.86. The normalized spacial score (nSPS) is 18.3. The molecule has 0 N–H and O–H groups in total. The van der Waals surface area contributed by atoms with Gasteiger partial charge in [0.1, 0.15) is 5.78 Å². The summed E-state index contributed by atoms with van der Waals surface area (Å²) in [6.07, 6.45) is 6.21. The van der Waals surface area contributed by atoms with Crippen LogP contribution in [0.1, 0.15) is 52.4 Å². The fourth-order valence-electron chi connectivity index (χ4n) is 2.80. The van der Waals surface area contributed by atoms with Gasteiger partial charge in [-0.25, -0.2) is 0 Å². The Morgan fingerprint density at radius 2 is 1.72 bits per heavy atom. The summed E-state index contributed by atoms with van der Waals surface area (Å²) in [5.74, 6) is 1.21. The van der Waals surface area contributed by atoms with Crippen molar-refractivity contribution in [1.29, 1.82) is 0 Å². The van der Waals surface area contributed by atoms with Crippen LogP contribution in [0.5, 0.6) is 0 Å². The van der Waals surface area contributed by atoms with Gasteiger partial charge in [0.2, 0.25) is 0 Å². The van der Waals surface area contributed by atoms with Crippen LogP contribution in [0, 0.1) is 5.92 Å². The molecule has 3 nitrogen and oxygen atoms in total. The molecule has 0 bridgehead atoms. The van der Waals surface area contributed by atoms with Crippen LogP contribution in [0.3, 0.4) is 0 Å². The number of hydrogen-bond donors (Lipinski definition) is 0. The van der Waals surface area contributed by atoms with Gasteiger partial charge in [-0.2, -0.15) is 0 Å². The molecule has 0 spiro atoms. The average molecular weight is 272 g/mol. The average Bonchev–Trinajstić information content (AvgIpc) is 2.32. The summed E-state index contributed by atoms with van der Waals surface area (Å²) in [5, 5.41) is 0. The second-order valence-electron chi connectivity index (χ2n) is 5.37. The molecule has 18 heavy (non-hydrogen) atoms. The Morgan fingerprint density at radius 3 is 2.22 bits per heavy atom. The van der Waals surface area contributed by atoms with E-state index in [0.29, 0.717) is 5.78 Å². The summed E-state index contributed by atoms with van der Waals surface area (Å²) in [6, 6.07) is 1.08. The summed E-state index contributed by atoms with van der Waals surface area (Å²) in [7, 11) is -1.91. The van der Waals surface area contributed by atoms with Crippen molar-refractivity contribution in [2.75, 3.05) is 13.2 Å². The predicted molar refractivity (Wildman–Crippen MR) is 75.9 cm³/mol. The minimum Gasteiger partial charge on any atom is -0.395 e. The van der Waals surface area contributed by atoms with Gasteiger partial charge in [-0.1, -0.05) is 12.8 Å². The maximum Gasteiger partial charge on any atom is 0.334 e. The van der Waals surface area contributed by atoms with Gasteiger partial charge >= 0.3 is 8.56 Å². The van der Waals surface area contributed by atoms with Crippen molar-refractivity contribution in [3.63, 3.8) is 0 Å². The lowest BCUT2D eigenvalue weighted by Gasteiger charge is -2.27. The largest absolute Gasteiger partial charge is 0.395 e. The van der Waals surface area contributed by atoms with Crippen LogP contribution < -0.4 is 0 Å². The minimum atomic E-state index is -1.91. The minimum absolute atomic E-state index is 0.453. The van der Waals surface area contributed by atoms with Crippen molar-refractivity contribution < 1.29 is 13.6 Å². The van der Waals surface area contributed by atoms with Gasteiger partial charge in [0.15, 0.2) is 0 Å². The molecule has 0 heterocycles. The molecule has 0 aromatic carbocycles. The zero-order valence-corrected chi connectivity index (χ0v) is 13.2. The van der Waals surface area contributed by atoms with Gasteiger partial charge in [0.25, 0.3) is 0 Å². The molecule has 0 aromatic rings. The van der Waals surface area contributed by atoms with E-state index in [1.165, 1.54) is 12.8 Å². The Morgan fingerprint density at radius 1 is 1.17 bits per heavy atom. The number of Topliss-reactive ketones (excluding diaryl/α,β-unsaturated/α-hetero) is 1. The highest BCUT2D eigenvalue weighted by Gasteiger charge is 2.30. The number of carbonyl (C=O) groups excluding carboxylic acids is 1. The topological polar surface area (TPSA) is 35.5 Å². The van der Waals surface area contributed by atoms with E-state index in [0.717, 1.165) is 50.9 Å². The van der Waals surface area contributed by atoms with Crippen molar-refractivity contribution in [1.82, 2.24) is 0 Å². The van der Waals surface area contributed by atoms with Gasteiger partial charge in [0.05, 0.1) is 0 Å². The van der Waals surface area contributed by atoms with Crippen LogP contribution in [-0.2, 0) is 13.6 Å². The Hall–Kier alpha value is -0.193. The van der Waals surface area contributed by atoms with E-state index >= 15 is 0 Å². The van der Waals surface area contributed by atoms with E-state index in [1.54, 1.807) is 0 Å². The van der Waals surface area contributed by atoms with Gasteiger partial charge in [-0.3, -0.25) is 4.79 Å². The highest BCUT2D eigenvalue weighted by atomic mass is 28.4. The smallest absolute Gasteiger partial charge is 0.334 e. The first-order chi connectivity index (χ1) is 8.59. The molecule has 0 radical (unpaired) electrons. The van der Waals surface area contributed by atoms with Crippen LogP contribution in [0.15, 0.2) is 0 Å². The molecule has 1 fully saturated rings. The van der Waals surface area contributed by atoms with Crippen LogP contribution in [0.4, 0.5) is 0 Å². The molecule has 1 saturated carbocycles. The third-order valence-corrected chi connectivity index (χ3v) is 6.87. The molecule has 0 saturated heterocycles. The molecule has 1 aliphatic carbocycles. The number of carbonyl (C=O) groups is 1. The maximum absolute atomic E-state index is 11.2. The fraction of sp³-hybridized carbons (Fsp3) is 0.929. The SMILES string of the molecule is CCO[Si](C)(CCCC1CCC(=O)CC1)OCC. The summed E-state index contributed by atoms with van der Waals surface area (Å²) >= 11 is 0. The quantitative estimate of drug-likeness (QED) is 0.632. The first kappa shape index (κ1) is 15.9. The van der Waals surface area contributed by atoms with Gasteiger partial charge in [-0.15, -0.1) is 0 Å². The molecular formula is C14H28O3Si. The standard InChI is InChI=1S/C14H28O3Si/c1-4-16-18(3,17-5-2)12-6-7-13-8-10-14(15)11-9-13/h13H,4-12H2,1-3H3. The number of hydrogen-bond acceptors (Lipinski definition) is 3. The van der Waals surface area contributed by atoms with Crippen LogP contribution in [0.2, 0.25) is 12.6 Å². The third-order valence-electron chi connectivity index (χ3n) is 3.81. The highest BCUT2D eigenvalue weighted by molar-refractivity contribution is 6.66. The first-order valence-electron chi connectivity index (χ1n) is 7.39. The molecule has 1 aliphatic rings. The summed E-state index contributed by atoms with van der Waals surface area (Å²) < 4.78 is 11.7. The molecule has 0 unspecified atom stereocenters. The van der Waals surface area contributed by atoms with Crippen LogP contribution in [0.25, 0.3) is 0 Å².